The molecule has 1 N–H and O–H groups in total. The van der Waals surface area contributed by atoms with E-state index in [9.17, 15) is 14.7 Å². The van der Waals surface area contributed by atoms with E-state index in [1.54, 1.807) is 27.6 Å². The summed E-state index contributed by atoms with van der Waals surface area (Å²) in [4.78, 5) is 46.3. The van der Waals surface area contributed by atoms with Crippen LogP contribution < -0.4 is 4.90 Å². The highest BCUT2D eigenvalue weighted by Crippen LogP contribution is 2.68. The van der Waals surface area contributed by atoms with Crippen LogP contribution in [0.15, 0.2) is 98.1 Å². The maximum Gasteiger partial charge on any atom is 0.311 e. The molecule has 228 valence electrons. The third-order valence-corrected chi connectivity index (χ3v) is 12.3. The standard InChI is InChI=1S/C35H35BrN2O5S/c1-3-16-37(25-15-14-23-12-8-9-13-24(23)19-25)33(41)31-35-20-27(36)30(44-35)28(34(42)43-17-4-2)29(35)32(40)38(31)26(21-39)18-22-10-6-5-7-11-22/h3-15,19,26-31,39H,1-2,16-18,20-21H2/t26-,27?,28-,29+,30-,31?,35?/m1/s1. The molecule has 2 bridgehead atoms. The van der Waals surface area contributed by atoms with Crippen LogP contribution in [0.1, 0.15) is 12.0 Å². The molecule has 3 fully saturated rings. The zero-order valence-electron chi connectivity index (χ0n) is 24.3. The number of nitrogens with zero attached hydrogens (tertiary/aromatic N) is 2. The van der Waals surface area contributed by atoms with E-state index in [0.717, 1.165) is 16.3 Å². The number of esters is 1. The molecule has 3 aliphatic rings. The topological polar surface area (TPSA) is 87.2 Å². The minimum absolute atomic E-state index is 0.0437. The molecule has 9 heteroatoms. The van der Waals surface area contributed by atoms with E-state index in [1.807, 2.05) is 72.8 Å². The van der Waals surface area contributed by atoms with E-state index in [-0.39, 0.29) is 41.6 Å². The van der Waals surface area contributed by atoms with Crippen LogP contribution in [0.25, 0.3) is 10.8 Å². The van der Waals surface area contributed by atoms with Crippen molar-refractivity contribution in [1.29, 1.82) is 0 Å². The summed E-state index contributed by atoms with van der Waals surface area (Å²) < 4.78 is 4.64. The number of anilines is 1. The maximum atomic E-state index is 15.0. The van der Waals surface area contributed by atoms with Crippen molar-refractivity contribution in [2.75, 3.05) is 24.7 Å². The van der Waals surface area contributed by atoms with Gasteiger partial charge in [0.15, 0.2) is 0 Å². The first-order valence-electron chi connectivity index (χ1n) is 14.8. The molecule has 3 heterocycles. The Kier molecular flexibility index (Phi) is 8.72. The molecule has 2 amide bonds. The van der Waals surface area contributed by atoms with Gasteiger partial charge in [-0.05, 0) is 41.3 Å². The third kappa shape index (κ3) is 5.08. The lowest BCUT2D eigenvalue weighted by molar-refractivity contribution is -0.153. The summed E-state index contributed by atoms with van der Waals surface area (Å²) in [6.07, 6.45) is 4.08. The Balaban J connectivity index is 1.46. The smallest absolute Gasteiger partial charge is 0.311 e. The molecule has 3 aromatic carbocycles. The van der Waals surface area contributed by atoms with Gasteiger partial charge >= 0.3 is 5.97 Å². The first-order valence-corrected chi connectivity index (χ1v) is 16.6. The number of alkyl halides is 1. The normalized spacial score (nSPS) is 27.6. The highest BCUT2D eigenvalue weighted by molar-refractivity contribution is 9.09. The fourth-order valence-electron chi connectivity index (χ4n) is 7.33. The van der Waals surface area contributed by atoms with Gasteiger partial charge < -0.3 is 19.6 Å². The number of carbonyl (C=O) groups excluding carboxylic acids is 3. The van der Waals surface area contributed by atoms with Crippen molar-refractivity contribution in [3.05, 3.63) is 104 Å². The quantitative estimate of drug-likeness (QED) is 0.172. The second-order valence-corrected chi connectivity index (χ2v) is 14.3. The van der Waals surface area contributed by atoms with Crippen LogP contribution >= 0.6 is 27.7 Å². The van der Waals surface area contributed by atoms with Crippen molar-refractivity contribution < 1.29 is 24.2 Å². The van der Waals surface area contributed by atoms with Crippen molar-refractivity contribution in [3.63, 3.8) is 0 Å². The van der Waals surface area contributed by atoms with Crippen LogP contribution in [0.3, 0.4) is 0 Å². The van der Waals surface area contributed by atoms with Gasteiger partial charge in [-0.25, -0.2) is 0 Å². The molecule has 44 heavy (non-hydrogen) atoms. The number of likely N-dealkylation sites (tertiary alicyclic amines) is 1. The number of benzene rings is 3. The number of thioether (sulfide) groups is 1. The number of amides is 2. The Bertz CT molecular complexity index is 1600. The molecule has 3 saturated heterocycles. The second-order valence-electron chi connectivity index (χ2n) is 11.6. The Hall–Kier alpha value is -3.40. The van der Waals surface area contributed by atoms with Crippen molar-refractivity contribution in [3.8, 4) is 0 Å². The number of rotatable bonds is 11. The lowest BCUT2D eigenvalue weighted by Gasteiger charge is -2.40. The van der Waals surface area contributed by atoms with Crippen molar-refractivity contribution in [1.82, 2.24) is 4.90 Å². The maximum absolute atomic E-state index is 15.0. The van der Waals surface area contributed by atoms with E-state index < -0.39 is 34.6 Å². The average Bonchev–Trinajstić information content (AvgIpc) is 3.64. The van der Waals surface area contributed by atoms with E-state index >= 15 is 4.79 Å². The Labute approximate surface area is 270 Å². The van der Waals surface area contributed by atoms with E-state index in [1.165, 1.54) is 6.08 Å². The van der Waals surface area contributed by atoms with Crippen LogP contribution in [0.2, 0.25) is 0 Å². The van der Waals surface area contributed by atoms with E-state index in [4.69, 9.17) is 4.74 Å². The number of carbonyl (C=O) groups is 3. The fourth-order valence-corrected chi connectivity index (χ4v) is 10.9. The van der Waals surface area contributed by atoms with Crippen molar-refractivity contribution >= 4 is 61.9 Å². The molecule has 0 aromatic heterocycles. The minimum atomic E-state index is -0.917. The zero-order chi connectivity index (χ0) is 31.0. The molecular weight excluding hydrogens is 640 g/mol. The van der Waals surface area contributed by atoms with Gasteiger partial charge in [0.25, 0.3) is 5.91 Å². The summed E-state index contributed by atoms with van der Waals surface area (Å²) in [6.45, 7) is 7.53. The number of aliphatic hydroxyl groups is 1. The molecule has 0 saturated carbocycles. The summed E-state index contributed by atoms with van der Waals surface area (Å²) in [5.74, 6) is -2.48. The van der Waals surface area contributed by atoms with Crippen LogP contribution in [0.4, 0.5) is 5.69 Å². The Morgan fingerprint density at radius 3 is 2.52 bits per heavy atom. The summed E-state index contributed by atoms with van der Waals surface area (Å²) >= 11 is 5.35. The lowest BCUT2D eigenvalue weighted by Crippen LogP contribution is -2.58. The number of hydrogen-bond acceptors (Lipinski definition) is 6. The average molecular weight is 676 g/mol. The minimum Gasteiger partial charge on any atom is -0.461 e. The van der Waals surface area contributed by atoms with Crippen LogP contribution in [-0.4, -0.2) is 74.5 Å². The summed E-state index contributed by atoms with van der Waals surface area (Å²) in [6, 6.07) is 21.9. The molecule has 6 rings (SSSR count). The zero-order valence-corrected chi connectivity index (χ0v) is 26.7. The van der Waals surface area contributed by atoms with E-state index in [0.29, 0.717) is 18.5 Å². The predicted molar refractivity (Wildman–Crippen MR) is 178 cm³/mol. The van der Waals surface area contributed by atoms with Gasteiger partial charge in [0.1, 0.15) is 12.6 Å². The SMILES string of the molecule is C=CCOC(=O)[C@H]1[C@@H]2SC3(CC2Br)C(C(=O)N(CC=C)c2ccc4ccccc4c2)N([C@@H](CO)Cc2ccccc2)C(=O)[C@H]13. The van der Waals surface area contributed by atoms with Gasteiger partial charge in [0.2, 0.25) is 5.91 Å². The van der Waals surface area contributed by atoms with Gasteiger partial charge in [-0.1, -0.05) is 95.3 Å². The largest absolute Gasteiger partial charge is 0.461 e. The third-order valence-electron chi connectivity index (χ3n) is 9.12. The molecule has 0 radical (unpaired) electrons. The number of aliphatic hydroxyl groups excluding tert-OH is 1. The summed E-state index contributed by atoms with van der Waals surface area (Å²) in [7, 11) is 0. The first-order chi connectivity index (χ1) is 21.3. The van der Waals surface area contributed by atoms with Gasteiger partial charge in [0, 0.05) is 22.3 Å². The van der Waals surface area contributed by atoms with Crippen molar-refractivity contribution in [2.24, 2.45) is 11.8 Å². The number of halogens is 1. The van der Waals surface area contributed by atoms with Crippen molar-refractivity contribution in [2.45, 2.75) is 39.7 Å². The number of hydrogen-bond donors (Lipinski definition) is 1. The van der Waals surface area contributed by atoms with Crippen LogP contribution in [-0.2, 0) is 25.5 Å². The molecular formula is C35H35BrN2O5S. The number of fused-ring (bicyclic) bond motifs is 2. The molecule has 7 atom stereocenters. The Morgan fingerprint density at radius 1 is 1.09 bits per heavy atom. The fraction of sp³-hybridized carbons (Fsp3) is 0.343. The Morgan fingerprint density at radius 2 is 1.82 bits per heavy atom. The van der Waals surface area contributed by atoms with Gasteiger partial charge in [-0.3, -0.25) is 14.4 Å². The second kappa shape index (κ2) is 12.5. The molecule has 3 unspecified atom stereocenters. The van der Waals surface area contributed by atoms with Crippen LogP contribution in [0, 0.1) is 11.8 Å². The van der Waals surface area contributed by atoms with Crippen LogP contribution in [0.5, 0.6) is 0 Å². The molecule has 1 spiro atoms. The predicted octanol–water partition coefficient (Wildman–Crippen LogP) is 5.16. The lowest BCUT2D eigenvalue weighted by atomic mass is 9.71. The highest BCUT2D eigenvalue weighted by Gasteiger charge is 2.76. The monoisotopic (exact) mass is 674 g/mol. The molecule has 7 nitrogen and oxygen atoms in total. The highest BCUT2D eigenvalue weighted by atomic mass is 79.9. The van der Waals surface area contributed by atoms with Gasteiger partial charge in [0.05, 0.1) is 29.2 Å². The summed E-state index contributed by atoms with van der Waals surface area (Å²) in [5, 5.41) is 12.6. The van der Waals surface area contributed by atoms with E-state index in [2.05, 4.69) is 29.1 Å². The first kappa shape index (κ1) is 30.6. The molecule has 3 aliphatic heterocycles. The number of ether oxygens (including phenoxy) is 1. The van der Waals surface area contributed by atoms with Gasteiger partial charge in [-0.15, -0.1) is 18.3 Å². The molecule has 0 aliphatic carbocycles. The van der Waals surface area contributed by atoms with Gasteiger partial charge in [-0.2, -0.15) is 0 Å². The molecule has 3 aromatic rings. The summed E-state index contributed by atoms with van der Waals surface area (Å²) in [5.41, 5.74) is 1.63.